The molecule has 0 unspecified atom stereocenters. The van der Waals surface area contributed by atoms with Crippen LogP contribution in [0.1, 0.15) is 122 Å². The summed E-state index contributed by atoms with van der Waals surface area (Å²) in [5.74, 6) is 0. The minimum Gasteiger partial charge on any atom is -0.309 e. The Morgan fingerprint density at radius 2 is 0.840 bits per heavy atom. The normalized spacial score (nSPS) is 11.8. The van der Waals surface area contributed by atoms with Gasteiger partial charge in [0.15, 0.2) is 0 Å². The maximum Gasteiger partial charge on any atom is -0.00248 e. The molecule has 0 saturated heterocycles. The summed E-state index contributed by atoms with van der Waals surface area (Å²) in [6.45, 7) is 3.55. The molecule has 0 saturated carbocycles. The number of rotatable bonds is 20. The molecule has 0 fully saturated rings. The average molecular weight is 352 g/mol. The smallest absolute Gasteiger partial charge is 0.00248 e. The van der Waals surface area contributed by atoms with Gasteiger partial charge < -0.3 is 4.90 Å². The number of nitrogens with zero attached hydrogens (tertiary/aromatic N) is 1. The van der Waals surface area contributed by atoms with E-state index in [0.717, 1.165) is 0 Å². The van der Waals surface area contributed by atoms with Crippen molar-refractivity contribution in [1.82, 2.24) is 4.90 Å². The summed E-state index contributed by atoms with van der Waals surface area (Å²) in [5.41, 5.74) is 0. The lowest BCUT2D eigenvalue weighted by Gasteiger charge is -2.08. The number of hydrogen-bond acceptors (Lipinski definition) is 1. The van der Waals surface area contributed by atoms with E-state index in [1.807, 2.05) is 0 Å². The van der Waals surface area contributed by atoms with Crippen LogP contribution in [-0.4, -0.2) is 25.5 Å². The molecule has 0 heterocycles. The van der Waals surface area contributed by atoms with Gasteiger partial charge in [-0.15, -0.1) is 0 Å². The molecule has 25 heavy (non-hydrogen) atoms. The van der Waals surface area contributed by atoms with Gasteiger partial charge >= 0.3 is 0 Å². The zero-order chi connectivity index (χ0) is 18.4. The highest BCUT2D eigenvalue weighted by molar-refractivity contribution is 4.81. The van der Waals surface area contributed by atoms with Crippen LogP contribution in [0.2, 0.25) is 0 Å². The molecular formula is C24H49N. The van der Waals surface area contributed by atoms with Crippen molar-refractivity contribution in [3.05, 3.63) is 12.2 Å². The summed E-state index contributed by atoms with van der Waals surface area (Å²) in [5, 5.41) is 0. The average Bonchev–Trinajstić information content (AvgIpc) is 2.60. The number of hydrogen-bond donors (Lipinski definition) is 0. The summed E-state index contributed by atoms with van der Waals surface area (Å²) in [6, 6.07) is 0. The Hall–Kier alpha value is -0.300. The minimum absolute atomic E-state index is 1.26. The lowest BCUT2D eigenvalue weighted by Crippen LogP contribution is -2.12. The summed E-state index contributed by atoms with van der Waals surface area (Å²) >= 11 is 0. The molecule has 0 rings (SSSR count). The third kappa shape index (κ3) is 23.7. The monoisotopic (exact) mass is 351 g/mol. The Balaban J connectivity index is 3.05. The van der Waals surface area contributed by atoms with Crippen LogP contribution in [0.3, 0.4) is 0 Å². The SMILES string of the molecule is CCCCCCCC/C=C\CCCCCCCCCCCCN(C)C. The molecule has 0 radical (unpaired) electrons. The van der Waals surface area contributed by atoms with E-state index in [1.54, 1.807) is 0 Å². The molecule has 0 aromatic rings. The van der Waals surface area contributed by atoms with Crippen LogP contribution in [0.5, 0.6) is 0 Å². The minimum atomic E-state index is 1.26. The molecule has 0 atom stereocenters. The highest BCUT2D eigenvalue weighted by Gasteiger charge is 1.94. The fourth-order valence-electron chi connectivity index (χ4n) is 3.38. The van der Waals surface area contributed by atoms with E-state index in [2.05, 4.69) is 38.1 Å². The van der Waals surface area contributed by atoms with Gasteiger partial charge in [-0.1, -0.05) is 103 Å². The van der Waals surface area contributed by atoms with E-state index in [1.165, 1.54) is 122 Å². The van der Waals surface area contributed by atoms with E-state index in [0.29, 0.717) is 0 Å². The molecule has 1 nitrogen and oxygen atoms in total. The second kappa shape index (κ2) is 21.7. The molecule has 0 aromatic heterocycles. The standard InChI is InChI=1S/C24H49N/c1-4-5-6-7-8-9-10-11-12-13-14-15-16-17-18-19-20-21-22-23-24-25(2)3/h11-12H,4-10,13-24H2,1-3H3/b12-11-. The Morgan fingerprint density at radius 3 is 1.24 bits per heavy atom. The van der Waals surface area contributed by atoms with Crippen molar-refractivity contribution in [2.45, 2.75) is 122 Å². The quantitative estimate of drug-likeness (QED) is 0.158. The molecule has 0 bridgehead atoms. The molecule has 0 amide bonds. The van der Waals surface area contributed by atoms with Gasteiger partial charge in [0.25, 0.3) is 0 Å². The van der Waals surface area contributed by atoms with Crippen LogP contribution < -0.4 is 0 Å². The van der Waals surface area contributed by atoms with Crippen molar-refractivity contribution in [2.24, 2.45) is 0 Å². The highest BCUT2D eigenvalue weighted by atomic mass is 15.0. The predicted molar refractivity (Wildman–Crippen MR) is 116 cm³/mol. The first-order valence-electron chi connectivity index (χ1n) is 11.6. The first kappa shape index (κ1) is 24.7. The van der Waals surface area contributed by atoms with E-state index < -0.39 is 0 Å². The zero-order valence-corrected chi connectivity index (χ0v) is 18.0. The molecule has 0 aliphatic rings. The number of allylic oxidation sites excluding steroid dienone is 2. The molecule has 0 aliphatic heterocycles. The van der Waals surface area contributed by atoms with Gasteiger partial charge in [-0.05, 0) is 52.7 Å². The highest BCUT2D eigenvalue weighted by Crippen LogP contribution is 2.12. The van der Waals surface area contributed by atoms with Crippen molar-refractivity contribution >= 4 is 0 Å². The summed E-state index contributed by atoms with van der Waals surface area (Å²) in [7, 11) is 4.34. The van der Waals surface area contributed by atoms with Crippen LogP contribution in [0.15, 0.2) is 12.2 Å². The second-order valence-corrected chi connectivity index (χ2v) is 8.16. The third-order valence-corrected chi connectivity index (χ3v) is 5.12. The van der Waals surface area contributed by atoms with Crippen LogP contribution >= 0.6 is 0 Å². The van der Waals surface area contributed by atoms with Crippen LogP contribution in [0.25, 0.3) is 0 Å². The van der Waals surface area contributed by atoms with Gasteiger partial charge in [0, 0.05) is 0 Å². The zero-order valence-electron chi connectivity index (χ0n) is 18.0. The Bertz CT molecular complexity index is 257. The first-order chi connectivity index (χ1) is 12.3. The van der Waals surface area contributed by atoms with Crippen molar-refractivity contribution in [1.29, 1.82) is 0 Å². The Kier molecular flexibility index (Phi) is 21.5. The first-order valence-corrected chi connectivity index (χ1v) is 11.6. The van der Waals surface area contributed by atoms with Gasteiger partial charge in [-0.2, -0.15) is 0 Å². The summed E-state index contributed by atoms with van der Waals surface area (Å²) in [6.07, 6.45) is 30.3. The van der Waals surface area contributed by atoms with Crippen LogP contribution in [0, 0.1) is 0 Å². The molecule has 0 N–H and O–H groups in total. The van der Waals surface area contributed by atoms with Crippen molar-refractivity contribution in [2.75, 3.05) is 20.6 Å². The maximum atomic E-state index is 2.43. The fourth-order valence-corrected chi connectivity index (χ4v) is 3.38. The third-order valence-electron chi connectivity index (χ3n) is 5.12. The molecule has 0 aliphatic carbocycles. The molecule has 1 heteroatoms. The largest absolute Gasteiger partial charge is 0.309 e. The van der Waals surface area contributed by atoms with Gasteiger partial charge in [0.05, 0.1) is 0 Å². The van der Waals surface area contributed by atoms with Crippen LogP contribution in [-0.2, 0) is 0 Å². The molecule has 0 aromatic carbocycles. The van der Waals surface area contributed by atoms with E-state index in [-0.39, 0.29) is 0 Å². The van der Waals surface area contributed by atoms with Crippen molar-refractivity contribution in [3.63, 3.8) is 0 Å². The topological polar surface area (TPSA) is 3.24 Å². The Labute approximate surface area is 160 Å². The van der Waals surface area contributed by atoms with Crippen molar-refractivity contribution < 1.29 is 0 Å². The van der Waals surface area contributed by atoms with Gasteiger partial charge in [0.1, 0.15) is 0 Å². The van der Waals surface area contributed by atoms with Gasteiger partial charge in [-0.25, -0.2) is 0 Å². The van der Waals surface area contributed by atoms with E-state index in [9.17, 15) is 0 Å². The van der Waals surface area contributed by atoms with E-state index >= 15 is 0 Å². The second-order valence-electron chi connectivity index (χ2n) is 8.16. The maximum absolute atomic E-state index is 2.43. The summed E-state index contributed by atoms with van der Waals surface area (Å²) in [4.78, 5) is 2.30. The lowest BCUT2D eigenvalue weighted by molar-refractivity contribution is 0.389. The predicted octanol–water partition coefficient (Wildman–Crippen LogP) is 8.15. The fraction of sp³-hybridized carbons (Fsp3) is 0.917. The van der Waals surface area contributed by atoms with Gasteiger partial charge in [-0.3, -0.25) is 0 Å². The van der Waals surface area contributed by atoms with Crippen molar-refractivity contribution in [3.8, 4) is 0 Å². The summed E-state index contributed by atoms with van der Waals surface area (Å²) < 4.78 is 0. The van der Waals surface area contributed by atoms with Crippen LogP contribution in [0.4, 0.5) is 0 Å². The number of unbranched alkanes of at least 4 members (excludes halogenated alkanes) is 16. The Morgan fingerprint density at radius 1 is 0.480 bits per heavy atom. The van der Waals surface area contributed by atoms with Gasteiger partial charge in [0.2, 0.25) is 0 Å². The van der Waals surface area contributed by atoms with E-state index in [4.69, 9.17) is 0 Å². The molecule has 0 spiro atoms. The molecular weight excluding hydrogens is 302 g/mol. The molecule has 150 valence electrons. The lowest BCUT2D eigenvalue weighted by atomic mass is 10.1.